The smallest absolute Gasteiger partial charge is 0.272 e. The van der Waals surface area contributed by atoms with Crippen molar-refractivity contribution in [2.45, 2.75) is 6.61 Å². The summed E-state index contributed by atoms with van der Waals surface area (Å²) in [5, 5.41) is 16.4. The van der Waals surface area contributed by atoms with Gasteiger partial charge in [0.25, 0.3) is 5.56 Å². The van der Waals surface area contributed by atoms with E-state index in [1.54, 1.807) is 18.2 Å². The fourth-order valence-electron chi connectivity index (χ4n) is 1.38. The van der Waals surface area contributed by atoms with Crippen LogP contribution in [0.1, 0.15) is 5.56 Å². The van der Waals surface area contributed by atoms with Gasteiger partial charge in [-0.15, -0.1) is 0 Å². The molecule has 72 valence electrons. The highest BCUT2D eigenvalue weighted by atomic mass is 79.9. The first-order chi connectivity index (χ1) is 6.74. The summed E-state index contributed by atoms with van der Waals surface area (Å²) >= 11 is 3.23. The Hall–Kier alpha value is -1.20. The highest BCUT2D eigenvalue weighted by molar-refractivity contribution is 9.10. The molecule has 5 heteroatoms. The SMILES string of the molecule is O=c1[nH]nc(Br)c2c(CO)cccc12. The van der Waals surface area contributed by atoms with E-state index in [9.17, 15) is 4.79 Å². The maximum atomic E-state index is 11.4. The van der Waals surface area contributed by atoms with Crippen molar-refractivity contribution in [1.29, 1.82) is 0 Å². The standard InChI is InChI=1S/C9H7BrN2O2/c10-8-7-5(4-13)2-1-3-6(7)9(14)12-11-8/h1-3,13H,4H2,(H,12,14). The van der Waals surface area contributed by atoms with Gasteiger partial charge < -0.3 is 5.11 Å². The van der Waals surface area contributed by atoms with Crippen molar-refractivity contribution in [3.05, 3.63) is 38.7 Å². The molecule has 0 saturated carbocycles. The van der Waals surface area contributed by atoms with Crippen LogP contribution in [-0.2, 0) is 6.61 Å². The lowest BCUT2D eigenvalue weighted by atomic mass is 10.1. The van der Waals surface area contributed by atoms with E-state index in [1.807, 2.05) is 0 Å². The number of aliphatic hydroxyl groups is 1. The second-order valence-corrected chi connectivity index (χ2v) is 3.59. The number of aromatic nitrogens is 2. The average molecular weight is 255 g/mol. The number of nitrogens with zero attached hydrogens (tertiary/aromatic N) is 1. The van der Waals surface area contributed by atoms with Gasteiger partial charge in [-0.3, -0.25) is 4.79 Å². The second-order valence-electron chi connectivity index (χ2n) is 2.84. The Balaban J connectivity index is 2.99. The highest BCUT2D eigenvalue weighted by Crippen LogP contribution is 2.22. The molecule has 0 atom stereocenters. The number of nitrogens with one attached hydrogen (secondary N) is 1. The zero-order valence-electron chi connectivity index (χ0n) is 7.12. The monoisotopic (exact) mass is 254 g/mol. The summed E-state index contributed by atoms with van der Waals surface area (Å²) in [7, 11) is 0. The van der Waals surface area contributed by atoms with Crippen LogP contribution in [0.15, 0.2) is 27.6 Å². The van der Waals surface area contributed by atoms with Gasteiger partial charge in [-0.2, -0.15) is 5.10 Å². The molecular weight excluding hydrogens is 248 g/mol. The summed E-state index contributed by atoms with van der Waals surface area (Å²) < 4.78 is 0.539. The predicted octanol–water partition coefficient (Wildman–Crippen LogP) is 1.18. The molecule has 2 rings (SSSR count). The van der Waals surface area contributed by atoms with Crippen molar-refractivity contribution in [3.63, 3.8) is 0 Å². The van der Waals surface area contributed by atoms with E-state index in [0.29, 0.717) is 20.9 Å². The van der Waals surface area contributed by atoms with Crippen LogP contribution in [0.25, 0.3) is 10.8 Å². The maximum Gasteiger partial charge on any atom is 0.272 e. The number of aliphatic hydroxyl groups excluding tert-OH is 1. The first kappa shape index (κ1) is 9.36. The van der Waals surface area contributed by atoms with Crippen molar-refractivity contribution >= 4 is 26.7 Å². The number of rotatable bonds is 1. The minimum Gasteiger partial charge on any atom is -0.392 e. The Kier molecular flexibility index (Phi) is 2.35. The van der Waals surface area contributed by atoms with E-state index < -0.39 is 0 Å². The fourth-order valence-corrected chi connectivity index (χ4v) is 1.94. The third kappa shape index (κ3) is 1.34. The number of benzene rings is 1. The fraction of sp³-hybridized carbons (Fsp3) is 0.111. The molecule has 14 heavy (non-hydrogen) atoms. The molecule has 0 bridgehead atoms. The topological polar surface area (TPSA) is 66.0 Å². The normalized spacial score (nSPS) is 10.7. The van der Waals surface area contributed by atoms with E-state index in [2.05, 4.69) is 26.1 Å². The van der Waals surface area contributed by atoms with Crippen LogP contribution >= 0.6 is 15.9 Å². The van der Waals surface area contributed by atoms with Crippen LogP contribution in [0.3, 0.4) is 0 Å². The van der Waals surface area contributed by atoms with Gasteiger partial charge >= 0.3 is 0 Å². The highest BCUT2D eigenvalue weighted by Gasteiger charge is 2.07. The van der Waals surface area contributed by atoms with Crippen LogP contribution in [-0.4, -0.2) is 15.3 Å². The Morgan fingerprint density at radius 3 is 3.00 bits per heavy atom. The minimum absolute atomic E-state index is 0.110. The van der Waals surface area contributed by atoms with E-state index in [4.69, 9.17) is 5.11 Å². The summed E-state index contributed by atoms with van der Waals surface area (Å²) in [6, 6.07) is 5.18. The van der Waals surface area contributed by atoms with E-state index >= 15 is 0 Å². The molecule has 0 aliphatic rings. The predicted molar refractivity (Wildman–Crippen MR) is 56.0 cm³/mol. The summed E-state index contributed by atoms with van der Waals surface area (Å²) in [4.78, 5) is 11.4. The minimum atomic E-state index is -0.251. The average Bonchev–Trinajstić information content (AvgIpc) is 2.23. The number of halogens is 1. The number of H-pyrrole nitrogens is 1. The molecule has 4 nitrogen and oxygen atoms in total. The summed E-state index contributed by atoms with van der Waals surface area (Å²) in [6.45, 7) is -0.110. The summed E-state index contributed by atoms with van der Waals surface area (Å²) in [5.41, 5.74) is 0.437. The third-order valence-corrected chi connectivity index (χ3v) is 2.60. The lowest BCUT2D eigenvalue weighted by Gasteiger charge is -2.03. The van der Waals surface area contributed by atoms with Gasteiger partial charge in [0.15, 0.2) is 0 Å². The molecule has 0 aliphatic carbocycles. The zero-order chi connectivity index (χ0) is 10.1. The Morgan fingerprint density at radius 2 is 2.29 bits per heavy atom. The number of hydrogen-bond donors (Lipinski definition) is 2. The van der Waals surface area contributed by atoms with Gasteiger partial charge in [0, 0.05) is 5.39 Å². The van der Waals surface area contributed by atoms with Crippen molar-refractivity contribution < 1.29 is 5.11 Å². The molecule has 0 saturated heterocycles. The number of aromatic amines is 1. The van der Waals surface area contributed by atoms with E-state index in [-0.39, 0.29) is 12.2 Å². The Labute approximate surface area is 87.7 Å². The lowest BCUT2D eigenvalue weighted by molar-refractivity contribution is 0.283. The molecular formula is C9H7BrN2O2. The molecule has 2 aromatic rings. The van der Waals surface area contributed by atoms with Gasteiger partial charge in [0.05, 0.1) is 12.0 Å². The number of fused-ring (bicyclic) bond motifs is 1. The first-order valence-corrected chi connectivity index (χ1v) is 4.80. The quantitative estimate of drug-likeness (QED) is 0.804. The van der Waals surface area contributed by atoms with E-state index in [1.165, 1.54) is 0 Å². The van der Waals surface area contributed by atoms with E-state index in [0.717, 1.165) is 0 Å². The molecule has 0 aliphatic heterocycles. The van der Waals surface area contributed by atoms with Crippen molar-refractivity contribution in [1.82, 2.24) is 10.2 Å². The molecule has 0 spiro atoms. The molecule has 0 amide bonds. The number of hydrogen-bond acceptors (Lipinski definition) is 3. The molecule has 2 N–H and O–H groups in total. The maximum absolute atomic E-state index is 11.4. The van der Waals surface area contributed by atoms with Crippen LogP contribution in [0.4, 0.5) is 0 Å². The van der Waals surface area contributed by atoms with Crippen LogP contribution < -0.4 is 5.56 Å². The zero-order valence-corrected chi connectivity index (χ0v) is 8.71. The molecule has 1 heterocycles. The van der Waals surface area contributed by atoms with Gasteiger partial charge in [-0.05, 0) is 27.6 Å². The Bertz CT molecular complexity index is 536. The van der Waals surface area contributed by atoms with Crippen LogP contribution in [0, 0.1) is 0 Å². The largest absolute Gasteiger partial charge is 0.392 e. The van der Waals surface area contributed by atoms with Gasteiger partial charge in [0.2, 0.25) is 0 Å². The molecule has 1 aromatic carbocycles. The third-order valence-electron chi connectivity index (χ3n) is 2.03. The molecule has 0 unspecified atom stereocenters. The molecule has 0 radical (unpaired) electrons. The van der Waals surface area contributed by atoms with Crippen LogP contribution in [0.5, 0.6) is 0 Å². The van der Waals surface area contributed by atoms with Crippen molar-refractivity contribution in [2.75, 3.05) is 0 Å². The van der Waals surface area contributed by atoms with Crippen molar-refractivity contribution in [3.8, 4) is 0 Å². The lowest BCUT2D eigenvalue weighted by Crippen LogP contribution is -2.09. The molecule has 1 aromatic heterocycles. The second kappa shape index (κ2) is 3.51. The molecule has 0 fully saturated rings. The Morgan fingerprint density at radius 1 is 1.50 bits per heavy atom. The van der Waals surface area contributed by atoms with Gasteiger partial charge in [0.1, 0.15) is 4.60 Å². The summed E-state index contributed by atoms with van der Waals surface area (Å²) in [6.07, 6.45) is 0. The summed E-state index contributed by atoms with van der Waals surface area (Å²) in [5.74, 6) is 0. The van der Waals surface area contributed by atoms with Gasteiger partial charge in [-0.25, -0.2) is 5.10 Å². The van der Waals surface area contributed by atoms with Crippen LogP contribution in [0.2, 0.25) is 0 Å². The first-order valence-electron chi connectivity index (χ1n) is 4.00. The van der Waals surface area contributed by atoms with Crippen molar-refractivity contribution in [2.24, 2.45) is 0 Å². The van der Waals surface area contributed by atoms with Gasteiger partial charge in [-0.1, -0.05) is 12.1 Å².